The van der Waals surface area contributed by atoms with Gasteiger partial charge in [-0.25, -0.2) is 0 Å². The molecule has 0 saturated carbocycles. The van der Waals surface area contributed by atoms with E-state index in [4.69, 9.17) is 5.73 Å². The number of carbonyl (C=O) groups is 2. The third-order valence-electron chi connectivity index (χ3n) is 4.22. The van der Waals surface area contributed by atoms with Crippen LogP contribution >= 0.6 is 0 Å². The first kappa shape index (κ1) is 14.5. The van der Waals surface area contributed by atoms with E-state index >= 15 is 0 Å². The van der Waals surface area contributed by atoms with E-state index in [1.807, 2.05) is 32.0 Å². The van der Waals surface area contributed by atoms with Crippen LogP contribution in [0.25, 0.3) is 0 Å². The molecule has 1 unspecified atom stereocenters. The highest BCUT2D eigenvalue weighted by Crippen LogP contribution is 2.25. The molecule has 112 valence electrons. The summed E-state index contributed by atoms with van der Waals surface area (Å²) in [6, 6.07) is 12.5. The lowest BCUT2D eigenvalue weighted by molar-refractivity contribution is 0.0645. The van der Waals surface area contributed by atoms with Crippen LogP contribution in [0.15, 0.2) is 42.5 Å². The van der Waals surface area contributed by atoms with Gasteiger partial charge >= 0.3 is 0 Å². The number of hydrogen-bond donors (Lipinski definition) is 1. The number of benzene rings is 2. The SMILES string of the molecule is Cc1ccc(C(N)CN2C(=O)c3ccccc3C2=O)cc1C. The molecule has 3 rings (SSSR count). The van der Waals surface area contributed by atoms with Crippen molar-refractivity contribution in [3.63, 3.8) is 0 Å². The Balaban J connectivity index is 1.83. The van der Waals surface area contributed by atoms with Gasteiger partial charge in [-0.1, -0.05) is 30.3 Å². The van der Waals surface area contributed by atoms with Crippen LogP contribution in [0.5, 0.6) is 0 Å². The first-order valence-electron chi connectivity index (χ1n) is 7.27. The Morgan fingerprint density at radius 3 is 2.09 bits per heavy atom. The minimum atomic E-state index is -0.387. The number of amides is 2. The van der Waals surface area contributed by atoms with Gasteiger partial charge < -0.3 is 5.73 Å². The number of rotatable bonds is 3. The summed E-state index contributed by atoms with van der Waals surface area (Å²) in [6.45, 7) is 4.25. The first-order chi connectivity index (χ1) is 10.5. The third kappa shape index (κ3) is 2.31. The molecule has 1 heterocycles. The summed E-state index contributed by atoms with van der Waals surface area (Å²) in [5.74, 6) is -0.528. The predicted molar refractivity (Wildman–Crippen MR) is 84.7 cm³/mol. The minimum Gasteiger partial charge on any atom is -0.322 e. The zero-order valence-electron chi connectivity index (χ0n) is 12.7. The van der Waals surface area contributed by atoms with Crippen LogP contribution in [0, 0.1) is 13.8 Å². The van der Waals surface area contributed by atoms with Gasteiger partial charge in [-0.15, -0.1) is 0 Å². The molecule has 0 bridgehead atoms. The van der Waals surface area contributed by atoms with Gasteiger partial charge in [0.05, 0.1) is 11.1 Å². The second-order valence-corrected chi connectivity index (χ2v) is 5.72. The number of hydrogen-bond acceptors (Lipinski definition) is 3. The van der Waals surface area contributed by atoms with Crippen LogP contribution in [0.4, 0.5) is 0 Å². The molecule has 2 aromatic carbocycles. The van der Waals surface area contributed by atoms with Crippen LogP contribution < -0.4 is 5.73 Å². The average Bonchev–Trinajstić information content (AvgIpc) is 2.75. The van der Waals surface area contributed by atoms with Crippen molar-refractivity contribution in [2.75, 3.05) is 6.54 Å². The molecule has 2 aromatic rings. The minimum absolute atomic E-state index is 0.189. The Morgan fingerprint density at radius 1 is 0.955 bits per heavy atom. The summed E-state index contributed by atoms with van der Waals surface area (Å²) in [5.41, 5.74) is 10.4. The summed E-state index contributed by atoms with van der Waals surface area (Å²) in [6.07, 6.45) is 0. The van der Waals surface area contributed by atoms with Gasteiger partial charge in [0.25, 0.3) is 11.8 Å². The van der Waals surface area contributed by atoms with Crippen molar-refractivity contribution in [1.82, 2.24) is 4.90 Å². The fraction of sp³-hybridized carbons (Fsp3) is 0.222. The highest BCUT2D eigenvalue weighted by molar-refractivity contribution is 6.21. The van der Waals surface area contributed by atoms with Crippen molar-refractivity contribution in [2.24, 2.45) is 5.73 Å². The molecule has 2 amide bonds. The Kier molecular flexibility index (Phi) is 3.54. The lowest BCUT2D eigenvalue weighted by Crippen LogP contribution is -2.36. The number of fused-ring (bicyclic) bond motifs is 1. The second kappa shape index (κ2) is 5.39. The van der Waals surface area contributed by atoms with E-state index in [1.165, 1.54) is 10.5 Å². The zero-order valence-corrected chi connectivity index (χ0v) is 12.7. The van der Waals surface area contributed by atoms with Crippen LogP contribution in [0.1, 0.15) is 43.4 Å². The van der Waals surface area contributed by atoms with Gasteiger partial charge in [0.2, 0.25) is 0 Å². The van der Waals surface area contributed by atoms with E-state index in [9.17, 15) is 9.59 Å². The summed E-state index contributed by atoms with van der Waals surface area (Å²) in [7, 11) is 0. The Hall–Kier alpha value is -2.46. The van der Waals surface area contributed by atoms with Crippen LogP contribution in [-0.4, -0.2) is 23.3 Å². The summed E-state index contributed by atoms with van der Waals surface area (Å²) < 4.78 is 0. The molecule has 0 aliphatic carbocycles. The van der Waals surface area contributed by atoms with Gasteiger partial charge in [0.15, 0.2) is 0 Å². The van der Waals surface area contributed by atoms with E-state index in [-0.39, 0.29) is 24.4 Å². The third-order valence-corrected chi connectivity index (χ3v) is 4.22. The van der Waals surface area contributed by atoms with Crippen LogP contribution in [0.3, 0.4) is 0 Å². The van der Waals surface area contributed by atoms with Crippen LogP contribution in [-0.2, 0) is 0 Å². The number of imide groups is 1. The molecule has 22 heavy (non-hydrogen) atoms. The van der Waals surface area contributed by atoms with Gasteiger partial charge in [0.1, 0.15) is 0 Å². The molecular weight excluding hydrogens is 276 g/mol. The van der Waals surface area contributed by atoms with Crippen molar-refractivity contribution >= 4 is 11.8 Å². The molecule has 1 aliphatic rings. The topological polar surface area (TPSA) is 63.4 Å². The molecule has 4 nitrogen and oxygen atoms in total. The summed E-state index contributed by atoms with van der Waals surface area (Å²) in [4.78, 5) is 25.9. The average molecular weight is 294 g/mol. The second-order valence-electron chi connectivity index (χ2n) is 5.72. The summed E-state index contributed by atoms with van der Waals surface area (Å²) in [5, 5.41) is 0. The predicted octanol–water partition coefficient (Wildman–Crippen LogP) is 2.60. The Bertz CT molecular complexity index is 732. The van der Waals surface area contributed by atoms with Crippen molar-refractivity contribution in [2.45, 2.75) is 19.9 Å². The molecule has 1 atom stereocenters. The molecular formula is C18H18N2O2. The smallest absolute Gasteiger partial charge is 0.261 e. The molecule has 4 heteroatoms. The van der Waals surface area contributed by atoms with Gasteiger partial charge in [-0.05, 0) is 42.7 Å². The number of nitrogens with two attached hydrogens (primary N) is 1. The Labute approximate surface area is 129 Å². The number of aryl methyl sites for hydroxylation is 2. The maximum Gasteiger partial charge on any atom is 0.261 e. The lowest BCUT2D eigenvalue weighted by Gasteiger charge is -2.20. The normalized spacial score (nSPS) is 15.1. The maximum absolute atomic E-state index is 12.3. The van der Waals surface area contributed by atoms with Crippen molar-refractivity contribution in [3.8, 4) is 0 Å². The monoisotopic (exact) mass is 294 g/mol. The lowest BCUT2D eigenvalue weighted by atomic mass is 10.0. The molecule has 1 aliphatic heterocycles. The van der Waals surface area contributed by atoms with Crippen molar-refractivity contribution in [3.05, 3.63) is 70.3 Å². The van der Waals surface area contributed by atoms with Crippen molar-refractivity contribution < 1.29 is 9.59 Å². The molecule has 0 aromatic heterocycles. The quantitative estimate of drug-likeness (QED) is 0.885. The largest absolute Gasteiger partial charge is 0.322 e. The van der Waals surface area contributed by atoms with E-state index in [2.05, 4.69) is 0 Å². The Morgan fingerprint density at radius 2 is 1.55 bits per heavy atom. The number of nitrogens with zero attached hydrogens (tertiary/aromatic N) is 1. The van der Waals surface area contributed by atoms with Gasteiger partial charge in [-0.2, -0.15) is 0 Å². The van der Waals surface area contributed by atoms with E-state index < -0.39 is 0 Å². The van der Waals surface area contributed by atoms with Crippen molar-refractivity contribution in [1.29, 1.82) is 0 Å². The maximum atomic E-state index is 12.3. The molecule has 0 spiro atoms. The molecule has 0 radical (unpaired) electrons. The fourth-order valence-corrected chi connectivity index (χ4v) is 2.70. The highest BCUT2D eigenvalue weighted by atomic mass is 16.2. The highest BCUT2D eigenvalue weighted by Gasteiger charge is 2.35. The summed E-state index contributed by atoms with van der Waals surface area (Å²) >= 11 is 0. The fourth-order valence-electron chi connectivity index (χ4n) is 2.70. The first-order valence-corrected chi connectivity index (χ1v) is 7.27. The molecule has 2 N–H and O–H groups in total. The van der Waals surface area contributed by atoms with E-state index in [0.29, 0.717) is 11.1 Å². The zero-order chi connectivity index (χ0) is 15.9. The van der Waals surface area contributed by atoms with Gasteiger partial charge in [-0.3, -0.25) is 14.5 Å². The molecule has 0 fully saturated rings. The van der Waals surface area contributed by atoms with Gasteiger partial charge in [0, 0.05) is 12.6 Å². The van der Waals surface area contributed by atoms with E-state index in [1.54, 1.807) is 24.3 Å². The van der Waals surface area contributed by atoms with E-state index in [0.717, 1.165) is 11.1 Å². The molecule has 0 saturated heterocycles. The number of carbonyl (C=O) groups excluding carboxylic acids is 2. The standard InChI is InChI=1S/C18H18N2O2/c1-11-7-8-13(9-12(11)2)16(19)10-20-17(21)14-5-3-4-6-15(14)18(20)22/h3-9,16H,10,19H2,1-2H3. The van der Waals surface area contributed by atoms with Crippen LogP contribution in [0.2, 0.25) is 0 Å².